The second kappa shape index (κ2) is 8.82. The number of amides is 2. The number of carbonyl (C=O) groups is 1. The molecule has 0 aromatic heterocycles. The predicted octanol–water partition coefficient (Wildman–Crippen LogP) is 4.20. The molecule has 1 aliphatic carbocycles. The minimum atomic E-state index is 0.00841. The van der Waals surface area contributed by atoms with Crippen molar-refractivity contribution in [3.63, 3.8) is 0 Å². The van der Waals surface area contributed by atoms with E-state index in [4.69, 9.17) is 0 Å². The van der Waals surface area contributed by atoms with E-state index in [1.807, 2.05) is 0 Å². The quantitative estimate of drug-likeness (QED) is 0.760. The zero-order valence-corrected chi connectivity index (χ0v) is 14.0. The van der Waals surface area contributed by atoms with Crippen LogP contribution in [-0.4, -0.2) is 18.6 Å². The Morgan fingerprint density at radius 2 is 1.86 bits per heavy atom. The van der Waals surface area contributed by atoms with Crippen LogP contribution in [0.15, 0.2) is 24.3 Å². The fraction of sp³-hybridized carbons (Fsp3) is 0.632. The Balaban J connectivity index is 1.56. The van der Waals surface area contributed by atoms with E-state index >= 15 is 0 Å². The van der Waals surface area contributed by atoms with Crippen molar-refractivity contribution < 1.29 is 4.79 Å². The van der Waals surface area contributed by atoms with Gasteiger partial charge in [0.15, 0.2) is 0 Å². The van der Waals surface area contributed by atoms with Crippen LogP contribution in [0.3, 0.4) is 0 Å². The van der Waals surface area contributed by atoms with Gasteiger partial charge in [0.1, 0.15) is 0 Å². The normalized spacial score (nSPS) is 21.4. The lowest BCUT2D eigenvalue weighted by molar-refractivity contribution is 0.221. The summed E-state index contributed by atoms with van der Waals surface area (Å²) in [5, 5.41) is 6.13. The van der Waals surface area contributed by atoms with Crippen LogP contribution in [0, 0.1) is 12.8 Å². The lowest BCUT2D eigenvalue weighted by Crippen LogP contribution is -2.46. The number of carbonyl (C=O) groups excluding carboxylic acids is 1. The molecule has 0 aliphatic heterocycles. The third kappa shape index (κ3) is 5.70. The topological polar surface area (TPSA) is 41.1 Å². The van der Waals surface area contributed by atoms with Crippen LogP contribution in [0.25, 0.3) is 0 Å². The van der Waals surface area contributed by atoms with E-state index in [1.165, 1.54) is 30.4 Å². The first-order valence-corrected chi connectivity index (χ1v) is 8.75. The zero-order chi connectivity index (χ0) is 15.8. The van der Waals surface area contributed by atoms with Crippen molar-refractivity contribution >= 4 is 6.03 Å². The molecule has 1 aliphatic rings. The summed E-state index contributed by atoms with van der Waals surface area (Å²) in [5.41, 5.74) is 2.69. The molecule has 2 amide bonds. The fourth-order valence-electron chi connectivity index (χ4n) is 3.16. The van der Waals surface area contributed by atoms with E-state index in [1.54, 1.807) is 0 Å². The molecular weight excluding hydrogens is 272 g/mol. The molecule has 2 atom stereocenters. The highest BCUT2D eigenvalue weighted by molar-refractivity contribution is 5.74. The highest BCUT2D eigenvalue weighted by Crippen LogP contribution is 2.23. The van der Waals surface area contributed by atoms with E-state index in [9.17, 15) is 4.79 Å². The predicted molar refractivity (Wildman–Crippen MR) is 92.1 cm³/mol. The number of aryl methyl sites for hydroxylation is 2. The van der Waals surface area contributed by atoms with Gasteiger partial charge in [-0.2, -0.15) is 0 Å². The Morgan fingerprint density at radius 3 is 2.59 bits per heavy atom. The molecule has 3 heteroatoms. The number of benzene rings is 1. The second-order valence-electron chi connectivity index (χ2n) is 6.71. The Kier molecular flexibility index (Phi) is 6.75. The van der Waals surface area contributed by atoms with E-state index < -0.39 is 0 Å². The van der Waals surface area contributed by atoms with E-state index in [2.05, 4.69) is 48.7 Å². The van der Waals surface area contributed by atoms with Gasteiger partial charge in [-0.3, -0.25) is 0 Å². The third-order valence-corrected chi connectivity index (χ3v) is 4.73. The summed E-state index contributed by atoms with van der Waals surface area (Å²) in [7, 11) is 0. The van der Waals surface area contributed by atoms with Crippen LogP contribution >= 0.6 is 0 Å². The number of urea groups is 1. The summed E-state index contributed by atoms with van der Waals surface area (Å²) < 4.78 is 0. The number of unbranched alkanes of at least 4 members (excludes halogenated alkanes) is 1. The van der Waals surface area contributed by atoms with E-state index in [0.29, 0.717) is 12.0 Å². The molecule has 122 valence electrons. The maximum absolute atomic E-state index is 11.9. The summed E-state index contributed by atoms with van der Waals surface area (Å²) >= 11 is 0. The number of nitrogens with one attached hydrogen (secondary N) is 2. The van der Waals surface area contributed by atoms with Crippen LogP contribution in [-0.2, 0) is 6.42 Å². The molecule has 2 rings (SSSR count). The Labute approximate surface area is 134 Å². The largest absolute Gasteiger partial charge is 0.338 e. The van der Waals surface area contributed by atoms with Crippen molar-refractivity contribution in [3.05, 3.63) is 35.4 Å². The van der Waals surface area contributed by atoms with Gasteiger partial charge in [-0.1, -0.05) is 49.6 Å². The zero-order valence-electron chi connectivity index (χ0n) is 14.0. The van der Waals surface area contributed by atoms with Crippen molar-refractivity contribution in [1.82, 2.24) is 10.6 Å². The van der Waals surface area contributed by atoms with Crippen LogP contribution in [0.1, 0.15) is 56.6 Å². The highest BCUT2D eigenvalue weighted by Gasteiger charge is 2.22. The smallest absolute Gasteiger partial charge is 0.315 e. The SMILES string of the molecule is Cc1ccc(CCCCNC(=O)NC2CCCCC2C)cc1. The van der Waals surface area contributed by atoms with Crippen molar-refractivity contribution in [3.8, 4) is 0 Å². The summed E-state index contributed by atoms with van der Waals surface area (Å²) in [5.74, 6) is 0.612. The molecule has 1 saturated carbocycles. The second-order valence-corrected chi connectivity index (χ2v) is 6.71. The van der Waals surface area contributed by atoms with Crippen molar-refractivity contribution in [2.75, 3.05) is 6.54 Å². The minimum Gasteiger partial charge on any atom is -0.338 e. The summed E-state index contributed by atoms with van der Waals surface area (Å²) in [6.07, 6.45) is 8.14. The summed E-state index contributed by atoms with van der Waals surface area (Å²) in [4.78, 5) is 11.9. The van der Waals surface area contributed by atoms with Gasteiger partial charge >= 0.3 is 6.03 Å². The molecule has 0 saturated heterocycles. The monoisotopic (exact) mass is 302 g/mol. The standard InChI is InChI=1S/C19H30N2O/c1-15-10-12-17(13-11-15)8-5-6-14-20-19(22)21-18-9-4-3-7-16(18)2/h10-13,16,18H,3-9,14H2,1-2H3,(H2,20,21,22). The lowest BCUT2D eigenvalue weighted by Gasteiger charge is -2.29. The maximum Gasteiger partial charge on any atom is 0.315 e. The van der Waals surface area contributed by atoms with Crippen molar-refractivity contribution in [1.29, 1.82) is 0 Å². The summed E-state index contributed by atoms with van der Waals surface area (Å²) in [6.45, 7) is 5.12. The number of rotatable bonds is 6. The van der Waals surface area contributed by atoms with Crippen molar-refractivity contribution in [2.24, 2.45) is 5.92 Å². The maximum atomic E-state index is 11.9. The molecule has 1 fully saturated rings. The molecule has 2 unspecified atom stereocenters. The van der Waals surface area contributed by atoms with Gasteiger partial charge in [-0.15, -0.1) is 0 Å². The molecule has 3 nitrogen and oxygen atoms in total. The van der Waals surface area contributed by atoms with Gasteiger partial charge < -0.3 is 10.6 Å². The molecule has 0 bridgehead atoms. The van der Waals surface area contributed by atoms with Gasteiger partial charge in [0.25, 0.3) is 0 Å². The average molecular weight is 302 g/mol. The lowest BCUT2D eigenvalue weighted by atomic mass is 9.86. The Hall–Kier alpha value is -1.51. The molecular formula is C19H30N2O. The molecule has 2 N–H and O–H groups in total. The first-order valence-electron chi connectivity index (χ1n) is 8.75. The van der Waals surface area contributed by atoms with E-state index in [0.717, 1.165) is 32.2 Å². The fourth-order valence-corrected chi connectivity index (χ4v) is 3.16. The van der Waals surface area contributed by atoms with Crippen LogP contribution in [0.5, 0.6) is 0 Å². The highest BCUT2D eigenvalue weighted by atomic mass is 16.2. The molecule has 1 aromatic rings. The molecule has 22 heavy (non-hydrogen) atoms. The number of hydrogen-bond acceptors (Lipinski definition) is 1. The Morgan fingerprint density at radius 1 is 1.14 bits per heavy atom. The van der Waals surface area contributed by atoms with Gasteiger partial charge in [-0.25, -0.2) is 4.79 Å². The van der Waals surface area contributed by atoms with Crippen LogP contribution in [0.4, 0.5) is 4.79 Å². The first kappa shape index (κ1) is 16.9. The average Bonchev–Trinajstić information content (AvgIpc) is 2.51. The Bertz CT molecular complexity index is 455. The molecule has 0 heterocycles. The summed E-state index contributed by atoms with van der Waals surface area (Å²) in [6, 6.07) is 9.08. The van der Waals surface area contributed by atoms with Gasteiger partial charge in [0.05, 0.1) is 0 Å². The first-order chi connectivity index (χ1) is 10.6. The van der Waals surface area contributed by atoms with Gasteiger partial charge in [0, 0.05) is 12.6 Å². The number of hydrogen-bond donors (Lipinski definition) is 2. The molecule has 0 spiro atoms. The minimum absolute atomic E-state index is 0.00841. The molecule has 1 aromatic carbocycles. The van der Waals surface area contributed by atoms with Crippen LogP contribution in [0.2, 0.25) is 0 Å². The van der Waals surface area contributed by atoms with Gasteiger partial charge in [0.2, 0.25) is 0 Å². The third-order valence-electron chi connectivity index (χ3n) is 4.73. The van der Waals surface area contributed by atoms with Crippen LogP contribution < -0.4 is 10.6 Å². The molecule has 0 radical (unpaired) electrons. The van der Waals surface area contributed by atoms with Gasteiger partial charge in [-0.05, 0) is 50.5 Å². The van der Waals surface area contributed by atoms with E-state index in [-0.39, 0.29) is 6.03 Å². The van der Waals surface area contributed by atoms with Crippen molar-refractivity contribution in [2.45, 2.75) is 64.8 Å².